The molecule has 5 aromatic carbocycles. The summed E-state index contributed by atoms with van der Waals surface area (Å²) in [5.74, 6) is 2.49. The van der Waals surface area contributed by atoms with Gasteiger partial charge in [-0.2, -0.15) is 0 Å². The zero-order valence-corrected chi connectivity index (χ0v) is 20.0. The van der Waals surface area contributed by atoms with Gasteiger partial charge in [-0.15, -0.1) is 0 Å². The van der Waals surface area contributed by atoms with Crippen molar-refractivity contribution in [3.8, 4) is 5.75 Å². The molecule has 37 heavy (non-hydrogen) atoms. The van der Waals surface area contributed by atoms with E-state index in [9.17, 15) is 0 Å². The standard InChI is InChI=1S/C32H24N4O/c1-4-10-21(11-5-1)29-34-30(22-12-6-2-7-13-22)36-31(35-29)25-16-18-26-24(20-25)17-19-27-28(26)37-32(33-27)23-14-8-3-9-15-23/h1-20,29,32-33H,(H,34,35,36). The first-order valence-corrected chi connectivity index (χ1v) is 12.4. The zero-order valence-electron chi connectivity index (χ0n) is 20.0. The molecule has 2 aliphatic rings. The van der Waals surface area contributed by atoms with Crippen molar-refractivity contribution in [2.75, 3.05) is 5.32 Å². The van der Waals surface area contributed by atoms with Gasteiger partial charge in [0.25, 0.3) is 0 Å². The summed E-state index contributed by atoms with van der Waals surface area (Å²) in [4.78, 5) is 9.94. The van der Waals surface area contributed by atoms with Crippen LogP contribution in [-0.2, 0) is 0 Å². The molecule has 5 heteroatoms. The second-order valence-electron chi connectivity index (χ2n) is 9.16. The average molecular weight is 481 g/mol. The summed E-state index contributed by atoms with van der Waals surface area (Å²) in [5.41, 5.74) is 5.19. The monoisotopic (exact) mass is 480 g/mol. The van der Waals surface area contributed by atoms with Gasteiger partial charge in [-0.1, -0.05) is 103 Å². The van der Waals surface area contributed by atoms with E-state index < -0.39 is 0 Å². The molecule has 2 heterocycles. The third-order valence-electron chi connectivity index (χ3n) is 6.75. The molecule has 5 aromatic rings. The Labute approximate surface area is 215 Å². The molecule has 0 fully saturated rings. The molecule has 0 aromatic heterocycles. The highest BCUT2D eigenvalue weighted by atomic mass is 16.5. The van der Waals surface area contributed by atoms with E-state index in [1.165, 1.54) is 0 Å². The maximum atomic E-state index is 6.37. The van der Waals surface area contributed by atoms with E-state index in [2.05, 4.69) is 77.4 Å². The second kappa shape index (κ2) is 8.95. The van der Waals surface area contributed by atoms with E-state index in [0.29, 0.717) is 0 Å². The van der Waals surface area contributed by atoms with Gasteiger partial charge >= 0.3 is 0 Å². The fourth-order valence-corrected chi connectivity index (χ4v) is 4.87. The van der Waals surface area contributed by atoms with E-state index in [1.807, 2.05) is 54.6 Å². The third kappa shape index (κ3) is 4.00. The Bertz CT molecular complexity index is 1650. The summed E-state index contributed by atoms with van der Waals surface area (Å²) in [7, 11) is 0. The maximum absolute atomic E-state index is 6.37. The summed E-state index contributed by atoms with van der Waals surface area (Å²) in [6.45, 7) is 0. The van der Waals surface area contributed by atoms with Crippen molar-refractivity contribution in [1.29, 1.82) is 0 Å². The van der Waals surface area contributed by atoms with E-state index in [0.717, 1.165) is 56.1 Å². The number of amidine groups is 2. The van der Waals surface area contributed by atoms with Crippen molar-refractivity contribution >= 4 is 28.1 Å². The minimum atomic E-state index is -0.317. The van der Waals surface area contributed by atoms with Crippen LogP contribution in [0.4, 0.5) is 5.69 Å². The smallest absolute Gasteiger partial charge is 0.196 e. The van der Waals surface area contributed by atoms with E-state index >= 15 is 0 Å². The number of aliphatic imine (C=N–C) groups is 2. The van der Waals surface area contributed by atoms with Gasteiger partial charge in [-0.3, -0.25) is 0 Å². The van der Waals surface area contributed by atoms with Gasteiger partial charge in [0.2, 0.25) is 0 Å². The summed E-state index contributed by atoms with van der Waals surface area (Å²) in [5, 5.41) is 9.15. The maximum Gasteiger partial charge on any atom is 0.196 e. The molecule has 0 saturated heterocycles. The fourth-order valence-electron chi connectivity index (χ4n) is 4.87. The number of nitrogens with one attached hydrogen (secondary N) is 2. The van der Waals surface area contributed by atoms with Crippen LogP contribution in [-0.4, -0.2) is 11.7 Å². The molecule has 0 spiro atoms. The van der Waals surface area contributed by atoms with Gasteiger partial charge in [0.1, 0.15) is 11.7 Å². The predicted molar refractivity (Wildman–Crippen MR) is 149 cm³/mol. The molecule has 2 N–H and O–H groups in total. The molecule has 7 rings (SSSR count). The topological polar surface area (TPSA) is 58.0 Å². The predicted octanol–water partition coefficient (Wildman–Crippen LogP) is 6.84. The van der Waals surface area contributed by atoms with Gasteiger partial charge in [-0.05, 0) is 29.1 Å². The van der Waals surface area contributed by atoms with Crippen molar-refractivity contribution in [2.45, 2.75) is 12.4 Å². The minimum absolute atomic E-state index is 0.192. The van der Waals surface area contributed by atoms with Crippen molar-refractivity contribution in [2.24, 2.45) is 9.98 Å². The van der Waals surface area contributed by atoms with Gasteiger partial charge in [0.05, 0.1) is 5.69 Å². The molecule has 2 atom stereocenters. The highest BCUT2D eigenvalue weighted by molar-refractivity contribution is 6.16. The average Bonchev–Trinajstić information content (AvgIpc) is 3.43. The van der Waals surface area contributed by atoms with Crippen LogP contribution in [0.5, 0.6) is 5.75 Å². The van der Waals surface area contributed by atoms with Crippen molar-refractivity contribution < 1.29 is 4.74 Å². The first kappa shape index (κ1) is 21.4. The molecule has 2 aliphatic heterocycles. The highest BCUT2D eigenvalue weighted by Crippen LogP contribution is 2.43. The molecule has 0 bridgehead atoms. The van der Waals surface area contributed by atoms with Crippen LogP contribution in [0.25, 0.3) is 10.8 Å². The van der Waals surface area contributed by atoms with Crippen molar-refractivity contribution in [3.05, 3.63) is 144 Å². The van der Waals surface area contributed by atoms with Gasteiger partial charge in [0.15, 0.2) is 18.1 Å². The lowest BCUT2D eigenvalue weighted by Gasteiger charge is -2.22. The van der Waals surface area contributed by atoms with Gasteiger partial charge < -0.3 is 15.4 Å². The van der Waals surface area contributed by atoms with Crippen molar-refractivity contribution in [1.82, 2.24) is 5.32 Å². The Balaban J connectivity index is 1.26. The zero-order chi connectivity index (χ0) is 24.6. The highest BCUT2D eigenvalue weighted by Gasteiger charge is 2.26. The van der Waals surface area contributed by atoms with Crippen LogP contribution in [0.15, 0.2) is 131 Å². The molecule has 178 valence electrons. The number of ether oxygens (including phenoxy) is 1. The summed E-state index contributed by atoms with van der Waals surface area (Å²) >= 11 is 0. The normalized spacial score (nSPS) is 18.2. The van der Waals surface area contributed by atoms with E-state index in [-0.39, 0.29) is 12.4 Å². The quantitative estimate of drug-likeness (QED) is 0.296. The molecule has 0 saturated carbocycles. The Morgan fingerprint density at radius 3 is 1.97 bits per heavy atom. The second-order valence-corrected chi connectivity index (χ2v) is 9.16. The third-order valence-corrected chi connectivity index (χ3v) is 6.75. The summed E-state index contributed by atoms with van der Waals surface area (Å²) in [6, 6.07) is 41.2. The summed E-state index contributed by atoms with van der Waals surface area (Å²) < 4.78 is 6.37. The number of rotatable bonds is 4. The van der Waals surface area contributed by atoms with Gasteiger partial charge in [0, 0.05) is 22.1 Å². The van der Waals surface area contributed by atoms with Crippen LogP contribution in [0.3, 0.4) is 0 Å². The van der Waals surface area contributed by atoms with Crippen LogP contribution in [0.1, 0.15) is 34.6 Å². The molecule has 5 nitrogen and oxygen atoms in total. The lowest BCUT2D eigenvalue weighted by molar-refractivity contribution is 0.262. The van der Waals surface area contributed by atoms with Crippen molar-refractivity contribution in [3.63, 3.8) is 0 Å². The Kier molecular flexibility index (Phi) is 5.18. The van der Waals surface area contributed by atoms with E-state index in [4.69, 9.17) is 14.7 Å². The Morgan fingerprint density at radius 2 is 1.24 bits per heavy atom. The Morgan fingerprint density at radius 1 is 0.595 bits per heavy atom. The van der Waals surface area contributed by atoms with Crippen LogP contribution in [0.2, 0.25) is 0 Å². The molecular weight excluding hydrogens is 456 g/mol. The van der Waals surface area contributed by atoms with Crippen LogP contribution >= 0.6 is 0 Å². The Hall–Kier alpha value is -4.90. The summed E-state index contributed by atoms with van der Waals surface area (Å²) in [6.07, 6.45) is -0.510. The number of fused-ring (bicyclic) bond motifs is 3. The van der Waals surface area contributed by atoms with Gasteiger partial charge in [-0.25, -0.2) is 9.98 Å². The first-order valence-electron chi connectivity index (χ1n) is 12.4. The minimum Gasteiger partial charge on any atom is -0.464 e. The first-order chi connectivity index (χ1) is 18.3. The SMILES string of the molecule is c1ccc(C2=NC(c3ccccc3)N=C(c3ccc4c5c(ccc4c3)NC(c3ccccc3)O5)N2)cc1. The molecule has 0 amide bonds. The number of nitrogens with zero attached hydrogens (tertiary/aromatic N) is 2. The number of anilines is 1. The molecular formula is C32H24N4O. The largest absolute Gasteiger partial charge is 0.464 e. The van der Waals surface area contributed by atoms with Crippen LogP contribution < -0.4 is 15.4 Å². The molecule has 2 unspecified atom stereocenters. The fraction of sp³-hybridized carbons (Fsp3) is 0.0625. The van der Waals surface area contributed by atoms with Crippen LogP contribution in [0, 0.1) is 0 Å². The number of hydrogen-bond donors (Lipinski definition) is 2. The molecule has 0 aliphatic carbocycles. The number of benzene rings is 5. The number of hydrogen-bond acceptors (Lipinski definition) is 5. The lowest BCUT2D eigenvalue weighted by atomic mass is 10.0. The lowest BCUT2D eigenvalue weighted by Crippen LogP contribution is -2.36. The van der Waals surface area contributed by atoms with E-state index in [1.54, 1.807) is 0 Å². The molecule has 0 radical (unpaired) electrons.